The number of hydrogen-bond acceptors (Lipinski definition) is 4. The van der Waals surface area contributed by atoms with Crippen LogP contribution in [-0.2, 0) is 0 Å². The van der Waals surface area contributed by atoms with Gasteiger partial charge in [0.2, 0.25) is 0 Å². The van der Waals surface area contributed by atoms with Gasteiger partial charge in [0, 0.05) is 10.9 Å². The van der Waals surface area contributed by atoms with Gasteiger partial charge in [-0.1, -0.05) is 36.4 Å². The first-order chi connectivity index (χ1) is 10.2. The molecule has 4 heteroatoms. The fraction of sp³-hybridized carbons (Fsp3) is 0.176. The monoisotopic (exact) mass is 282 g/mol. The summed E-state index contributed by atoms with van der Waals surface area (Å²) in [4.78, 5) is 0. The molecule has 0 amide bonds. The molecule has 0 bridgehead atoms. The zero-order valence-corrected chi connectivity index (χ0v) is 12.1. The Morgan fingerprint density at radius 1 is 1.14 bits per heavy atom. The Labute approximate surface area is 123 Å². The molecule has 0 aliphatic heterocycles. The summed E-state index contributed by atoms with van der Waals surface area (Å²) in [6.45, 7) is 2.03. The van der Waals surface area contributed by atoms with Crippen LogP contribution in [0.15, 0.2) is 52.9 Å². The summed E-state index contributed by atoms with van der Waals surface area (Å²) in [5, 5.41) is 1.07. The largest absolute Gasteiger partial charge is 0.496 e. The van der Waals surface area contributed by atoms with E-state index in [1.807, 2.05) is 55.5 Å². The highest BCUT2D eigenvalue weighted by molar-refractivity contribution is 5.81. The van der Waals surface area contributed by atoms with Gasteiger partial charge in [-0.15, -0.1) is 0 Å². The van der Waals surface area contributed by atoms with E-state index in [0.29, 0.717) is 0 Å². The van der Waals surface area contributed by atoms with Gasteiger partial charge >= 0.3 is 0 Å². The van der Waals surface area contributed by atoms with E-state index in [0.717, 1.165) is 33.6 Å². The molecule has 0 radical (unpaired) electrons. The third-order valence-corrected chi connectivity index (χ3v) is 3.66. The molecule has 0 saturated carbocycles. The molecule has 0 saturated heterocycles. The van der Waals surface area contributed by atoms with Crippen molar-refractivity contribution in [3.05, 3.63) is 65.4 Å². The zero-order chi connectivity index (χ0) is 14.8. The van der Waals surface area contributed by atoms with E-state index in [-0.39, 0.29) is 6.04 Å². The van der Waals surface area contributed by atoms with Gasteiger partial charge in [0.25, 0.3) is 0 Å². The number of fused-ring (bicyclic) bond motifs is 1. The van der Waals surface area contributed by atoms with Crippen molar-refractivity contribution in [1.82, 2.24) is 5.43 Å². The van der Waals surface area contributed by atoms with Crippen LogP contribution < -0.4 is 16.0 Å². The van der Waals surface area contributed by atoms with E-state index in [2.05, 4.69) is 5.43 Å². The highest BCUT2D eigenvalue weighted by Gasteiger charge is 2.20. The molecule has 4 nitrogen and oxygen atoms in total. The molecule has 0 aliphatic carbocycles. The minimum atomic E-state index is -0.257. The van der Waals surface area contributed by atoms with E-state index >= 15 is 0 Å². The summed E-state index contributed by atoms with van der Waals surface area (Å²) in [7, 11) is 1.65. The van der Waals surface area contributed by atoms with Gasteiger partial charge in [-0.05, 0) is 24.6 Å². The van der Waals surface area contributed by atoms with Gasteiger partial charge in [0.05, 0.1) is 7.11 Å². The number of nitrogens with two attached hydrogens (primary N) is 1. The molecule has 2 aromatic carbocycles. The van der Waals surface area contributed by atoms with E-state index in [1.165, 1.54) is 0 Å². The molecule has 108 valence electrons. The fourth-order valence-corrected chi connectivity index (χ4v) is 2.60. The molecular weight excluding hydrogens is 264 g/mol. The van der Waals surface area contributed by atoms with Gasteiger partial charge in [0.1, 0.15) is 23.1 Å². The summed E-state index contributed by atoms with van der Waals surface area (Å²) in [5.41, 5.74) is 5.76. The first kappa shape index (κ1) is 13.7. The number of aryl methyl sites for hydroxylation is 1. The van der Waals surface area contributed by atoms with Gasteiger partial charge in [-0.25, -0.2) is 5.43 Å². The maximum atomic E-state index is 6.01. The lowest BCUT2D eigenvalue weighted by Gasteiger charge is -2.16. The van der Waals surface area contributed by atoms with Gasteiger partial charge in [-0.2, -0.15) is 0 Å². The topological polar surface area (TPSA) is 60.4 Å². The van der Waals surface area contributed by atoms with Crippen molar-refractivity contribution < 1.29 is 9.15 Å². The van der Waals surface area contributed by atoms with Crippen molar-refractivity contribution in [2.24, 2.45) is 5.84 Å². The number of nitrogens with one attached hydrogen (secondary N) is 1. The molecule has 21 heavy (non-hydrogen) atoms. The third kappa shape index (κ3) is 2.39. The predicted octanol–water partition coefficient (Wildman–Crippen LogP) is 3.30. The molecular formula is C17H18N2O2. The number of hydrazine groups is 1. The van der Waals surface area contributed by atoms with Crippen LogP contribution >= 0.6 is 0 Å². The number of methoxy groups -OCH3 is 1. The number of benzene rings is 2. The average molecular weight is 282 g/mol. The summed E-state index contributed by atoms with van der Waals surface area (Å²) >= 11 is 0. The van der Waals surface area contributed by atoms with Crippen molar-refractivity contribution >= 4 is 11.0 Å². The van der Waals surface area contributed by atoms with Crippen LogP contribution in [0.1, 0.15) is 22.9 Å². The average Bonchev–Trinajstić information content (AvgIpc) is 2.94. The first-order valence-corrected chi connectivity index (χ1v) is 6.82. The number of hydrogen-bond donors (Lipinski definition) is 2. The third-order valence-electron chi connectivity index (χ3n) is 3.66. The lowest BCUT2D eigenvalue weighted by Crippen LogP contribution is -2.28. The Bertz CT molecular complexity index is 764. The number of rotatable bonds is 4. The second-order valence-electron chi connectivity index (χ2n) is 4.98. The summed E-state index contributed by atoms with van der Waals surface area (Å²) in [5.74, 6) is 7.30. The Morgan fingerprint density at radius 2 is 1.95 bits per heavy atom. The number of para-hydroxylation sites is 2. The summed E-state index contributed by atoms with van der Waals surface area (Å²) in [6.07, 6.45) is 0. The van der Waals surface area contributed by atoms with E-state index in [1.54, 1.807) is 7.11 Å². The Morgan fingerprint density at radius 3 is 2.67 bits per heavy atom. The molecule has 1 heterocycles. The van der Waals surface area contributed by atoms with Crippen molar-refractivity contribution in [3.63, 3.8) is 0 Å². The Kier molecular flexibility index (Phi) is 3.64. The lowest BCUT2D eigenvalue weighted by atomic mass is 10.0. The standard InChI is InChI=1S/C17H18N2O2/c1-11-6-5-7-12-10-15(21-17(11)12)16(19-18)13-8-3-4-9-14(13)20-2/h3-10,16,19H,18H2,1-2H3. The molecule has 3 N–H and O–H groups in total. The van der Waals surface area contributed by atoms with E-state index < -0.39 is 0 Å². The van der Waals surface area contributed by atoms with Crippen LogP contribution in [0.5, 0.6) is 5.75 Å². The van der Waals surface area contributed by atoms with Crippen LogP contribution in [0.2, 0.25) is 0 Å². The summed E-state index contributed by atoms with van der Waals surface area (Å²) in [6, 6.07) is 15.6. The normalized spacial score (nSPS) is 12.5. The van der Waals surface area contributed by atoms with Crippen molar-refractivity contribution in [2.75, 3.05) is 7.11 Å². The van der Waals surface area contributed by atoms with Gasteiger partial charge in [0.15, 0.2) is 0 Å². The second-order valence-corrected chi connectivity index (χ2v) is 4.98. The fourth-order valence-electron chi connectivity index (χ4n) is 2.60. The Hall–Kier alpha value is -2.30. The van der Waals surface area contributed by atoms with Crippen LogP contribution in [0, 0.1) is 6.92 Å². The molecule has 1 atom stereocenters. The molecule has 3 rings (SSSR count). The number of ether oxygens (including phenoxy) is 1. The minimum absolute atomic E-state index is 0.257. The smallest absolute Gasteiger partial charge is 0.137 e. The van der Waals surface area contributed by atoms with Crippen molar-refractivity contribution in [3.8, 4) is 5.75 Å². The second kappa shape index (κ2) is 5.60. The maximum absolute atomic E-state index is 6.01. The SMILES string of the molecule is COc1ccccc1C(NN)c1cc2cccc(C)c2o1. The number of furan rings is 1. The summed E-state index contributed by atoms with van der Waals surface area (Å²) < 4.78 is 11.4. The van der Waals surface area contributed by atoms with Crippen LogP contribution in [0.4, 0.5) is 0 Å². The van der Waals surface area contributed by atoms with Crippen molar-refractivity contribution in [1.29, 1.82) is 0 Å². The van der Waals surface area contributed by atoms with Crippen LogP contribution in [0.25, 0.3) is 11.0 Å². The van der Waals surface area contributed by atoms with Crippen LogP contribution in [0.3, 0.4) is 0 Å². The maximum Gasteiger partial charge on any atom is 0.137 e. The molecule has 0 fully saturated rings. The lowest BCUT2D eigenvalue weighted by molar-refractivity contribution is 0.396. The quantitative estimate of drug-likeness (QED) is 0.569. The predicted molar refractivity (Wildman–Crippen MR) is 83.1 cm³/mol. The molecule has 0 aliphatic rings. The minimum Gasteiger partial charge on any atom is -0.496 e. The van der Waals surface area contributed by atoms with Gasteiger partial charge < -0.3 is 9.15 Å². The Balaban J connectivity index is 2.12. The molecule has 1 unspecified atom stereocenters. The first-order valence-electron chi connectivity index (χ1n) is 6.82. The van der Waals surface area contributed by atoms with E-state index in [9.17, 15) is 0 Å². The molecule has 3 aromatic rings. The molecule has 0 spiro atoms. The zero-order valence-electron chi connectivity index (χ0n) is 12.1. The van der Waals surface area contributed by atoms with Crippen LogP contribution in [-0.4, -0.2) is 7.11 Å². The van der Waals surface area contributed by atoms with E-state index in [4.69, 9.17) is 15.0 Å². The van der Waals surface area contributed by atoms with Gasteiger partial charge in [-0.3, -0.25) is 5.84 Å². The highest BCUT2D eigenvalue weighted by atomic mass is 16.5. The van der Waals surface area contributed by atoms with Crippen molar-refractivity contribution in [2.45, 2.75) is 13.0 Å². The molecule has 1 aromatic heterocycles. The highest BCUT2D eigenvalue weighted by Crippen LogP contribution is 2.33.